The van der Waals surface area contributed by atoms with E-state index in [4.69, 9.17) is 10.00 Å². The number of hydrogen-bond acceptors (Lipinski definition) is 4. The van der Waals surface area contributed by atoms with Crippen LogP contribution < -0.4 is 4.74 Å². The highest BCUT2D eigenvalue weighted by Crippen LogP contribution is 2.16. The fourth-order valence-corrected chi connectivity index (χ4v) is 2.71. The molecule has 1 atom stereocenters. The van der Waals surface area contributed by atoms with Gasteiger partial charge >= 0.3 is 0 Å². The summed E-state index contributed by atoms with van der Waals surface area (Å²) in [6, 6.07) is 10.1. The van der Waals surface area contributed by atoms with E-state index >= 15 is 0 Å². The summed E-state index contributed by atoms with van der Waals surface area (Å²) in [7, 11) is 2.18. The van der Waals surface area contributed by atoms with Crippen molar-refractivity contribution in [1.82, 2.24) is 9.80 Å². The lowest BCUT2D eigenvalue weighted by Crippen LogP contribution is -2.40. The smallest absolute Gasteiger partial charge is 0.137 e. The average molecular weight is 273 g/mol. The van der Waals surface area contributed by atoms with Crippen molar-refractivity contribution >= 4 is 0 Å². The zero-order valence-corrected chi connectivity index (χ0v) is 12.4. The van der Waals surface area contributed by atoms with Gasteiger partial charge in [-0.15, -0.1) is 0 Å². The third kappa shape index (κ3) is 3.96. The molecule has 0 saturated carbocycles. The van der Waals surface area contributed by atoms with Gasteiger partial charge < -0.3 is 9.64 Å². The standard InChI is InChI=1S/C16H23N3O/c1-14-13-18(2)8-5-9-19(14)10-11-20-16-7-4-3-6-15(16)12-17/h3-4,6-7,14H,5,8-11,13H2,1-2H3. The lowest BCUT2D eigenvalue weighted by Gasteiger charge is -2.27. The first-order valence-corrected chi connectivity index (χ1v) is 7.25. The van der Waals surface area contributed by atoms with Gasteiger partial charge in [0.05, 0.1) is 5.56 Å². The lowest BCUT2D eigenvalue weighted by molar-refractivity contribution is 0.166. The summed E-state index contributed by atoms with van der Waals surface area (Å²) < 4.78 is 5.77. The summed E-state index contributed by atoms with van der Waals surface area (Å²) in [5.41, 5.74) is 0.608. The Morgan fingerprint density at radius 1 is 1.35 bits per heavy atom. The SMILES string of the molecule is CC1CN(C)CCCN1CCOc1ccccc1C#N. The van der Waals surface area contributed by atoms with Crippen LogP contribution in [0.1, 0.15) is 18.9 Å². The molecule has 1 aliphatic rings. The van der Waals surface area contributed by atoms with E-state index in [0.717, 1.165) is 19.6 Å². The van der Waals surface area contributed by atoms with E-state index in [2.05, 4.69) is 29.8 Å². The first-order valence-electron chi connectivity index (χ1n) is 7.25. The molecule has 0 spiro atoms. The monoisotopic (exact) mass is 273 g/mol. The first kappa shape index (κ1) is 14.8. The van der Waals surface area contributed by atoms with Crippen molar-refractivity contribution in [2.45, 2.75) is 19.4 Å². The Kier molecular flexibility index (Phi) is 5.40. The van der Waals surface area contributed by atoms with E-state index in [9.17, 15) is 0 Å². The molecule has 0 amide bonds. The van der Waals surface area contributed by atoms with Crippen molar-refractivity contribution in [2.24, 2.45) is 0 Å². The number of benzene rings is 1. The van der Waals surface area contributed by atoms with Gasteiger partial charge in [-0.3, -0.25) is 4.90 Å². The maximum Gasteiger partial charge on any atom is 0.137 e. The number of rotatable bonds is 4. The largest absolute Gasteiger partial charge is 0.491 e. The van der Waals surface area contributed by atoms with E-state index in [1.54, 1.807) is 6.07 Å². The molecule has 4 heteroatoms. The number of nitrogens with zero attached hydrogens (tertiary/aromatic N) is 3. The predicted octanol–water partition coefficient (Wildman–Crippen LogP) is 1.96. The molecule has 1 heterocycles. The fraction of sp³-hybridized carbons (Fsp3) is 0.562. The van der Waals surface area contributed by atoms with Crippen LogP contribution in [-0.4, -0.2) is 55.7 Å². The van der Waals surface area contributed by atoms with Crippen molar-refractivity contribution in [1.29, 1.82) is 5.26 Å². The molecule has 108 valence electrons. The molecule has 0 bridgehead atoms. The Labute approximate surface area is 121 Å². The van der Waals surface area contributed by atoms with Gasteiger partial charge in [0.15, 0.2) is 0 Å². The zero-order chi connectivity index (χ0) is 14.4. The third-order valence-corrected chi connectivity index (χ3v) is 3.83. The molecule has 1 fully saturated rings. The van der Waals surface area contributed by atoms with Crippen molar-refractivity contribution in [2.75, 3.05) is 39.8 Å². The van der Waals surface area contributed by atoms with Gasteiger partial charge in [-0.1, -0.05) is 12.1 Å². The summed E-state index contributed by atoms with van der Waals surface area (Å²) in [5.74, 6) is 0.689. The molecule has 0 radical (unpaired) electrons. The average Bonchev–Trinajstić information content (AvgIpc) is 2.60. The predicted molar refractivity (Wildman–Crippen MR) is 79.8 cm³/mol. The summed E-state index contributed by atoms with van der Waals surface area (Å²) in [6.07, 6.45) is 1.20. The Balaban J connectivity index is 1.85. The molecule has 1 aromatic rings. The lowest BCUT2D eigenvalue weighted by atomic mass is 10.2. The van der Waals surface area contributed by atoms with Gasteiger partial charge in [0.25, 0.3) is 0 Å². The molecule has 0 aromatic heterocycles. The minimum atomic E-state index is 0.553. The van der Waals surface area contributed by atoms with E-state index in [0.29, 0.717) is 24.0 Å². The summed E-state index contributed by atoms with van der Waals surface area (Å²) >= 11 is 0. The number of likely N-dealkylation sites (N-methyl/N-ethyl adjacent to an activating group) is 1. The van der Waals surface area contributed by atoms with Crippen LogP contribution in [0.25, 0.3) is 0 Å². The maximum atomic E-state index is 9.03. The van der Waals surface area contributed by atoms with Gasteiger partial charge in [0.1, 0.15) is 18.4 Å². The Morgan fingerprint density at radius 2 is 2.15 bits per heavy atom. The minimum absolute atomic E-state index is 0.553. The van der Waals surface area contributed by atoms with Gasteiger partial charge in [-0.25, -0.2) is 0 Å². The van der Waals surface area contributed by atoms with Crippen molar-refractivity contribution < 1.29 is 4.74 Å². The molecule has 0 N–H and O–H groups in total. The number of para-hydroxylation sites is 1. The van der Waals surface area contributed by atoms with Crippen LogP contribution in [0.4, 0.5) is 0 Å². The Hall–Kier alpha value is -1.57. The normalized spacial score (nSPS) is 21.1. The molecule has 4 nitrogen and oxygen atoms in total. The van der Waals surface area contributed by atoms with E-state index in [1.807, 2.05) is 18.2 Å². The van der Waals surface area contributed by atoms with Crippen LogP contribution in [0.3, 0.4) is 0 Å². The van der Waals surface area contributed by atoms with Crippen molar-refractivity contribution in [3.05, 3.63) is 29.8 Å². The van der Waals surface area contributed by atoms with Crippen molar-refractivity contribution in [3.63, 3.8) is 0 Å². The van der Waals surface area contributed by atoms with Crippen LogP contribution in [-0.2, 0) is 0 Å². The fourth-order valence-electron chi connectivity index (χ4n) is 2.71. The Morgan fingerprint density at radius 3 is 2.95 bits per heavy atom. The van der Waals surface area contributed by atoms with Crippen LogP contribution in [0.2, 0.25) is 0 Å². The summed E-state index contributed by atoms with van der Waals surface area (Å²) in [4.78, 5) is 4.86. The molecule has 2 rings (SSSR count). The van der Waals surface area contributed by atoms with Crippen LogP contribution in [0.15, 0.2) is 24.3 Å². The Bertz CT molecular complexity index is 469. The number of hydrogen-bond donors (Lipinski definition) is 0. The highest BCUT2D eigenvalue weighted by Gasteiger charge is 2.19. The van der Waals surface area contributed by atoms with E-state index in [1.165, 1.54) is 13.0 Å². The van der Waals surface area contributed by atoms with Crippen LogP contribution >= 0.6 is 0 Å². The third-order valence-electron chi connectivity index (χ3n) is 3.83. The van der Waals surface area contributed by atoms with Crippen LogP contribution in [0, 0.1) is 11.3 Å². The van der Waals surface area contributed by atoms with Gasteiger partial charge in [-0.2, -0.15) is 5.26 Å². The highest BCUT2D eigenvalue weighted by molar-refractivity contribution is 5.42. The first-order chi connectivity index (χ1) is 9.70. The second kappa shape index (κ2) is 7.28. The number of nitriles is 1. The molecule has 0 aliphatic carbocycles. The van der Waals surface area contributed by atoms with E-state index < -0.39 is 0 Å². The molecular formula is C16H23N3O. The maximum absolute atomic E-state index is 9.03. The van der Waals surface area contributed by atoms with Gasteiger partial charge in [0, 0.05) is 19.1 Å². The summed E-state index contributed by atoms with van der Waals surface area (Å²) in [6.45, 7) is 7.20. The molecule has 1 aliphatic heterocycles. The topological polar surface area (TPSA) is 39.5 Å². The molecule has 1 aromatic carbocycles. The molecule has 20 heavy (non-hydrogen) atoms. The summed E-state index contributed by atoms with van der Waals surface area (Å²) in [5, 5.41) is 9.03. The second-order valence-corrected chi connectivity index (χ2v) is 5.46. The molecular weight excluding hydrogens is 250 g/mol. The second-order valence-electron chi connectivity index (χ2n) is 5.46. The van der Waals surface area contributed by atoms with Crippen LogP contribution in [0.5, 0.6) is 5.75 Å². The van der Waals surface area contributed by atoms with Gasteiger partial charge in [-0.05, 0) is 45.6 Å². The number of ether oxygens (including phenoxy) is 1. The highest BCUT2D eigenvalue weighted by atomic mass is 16.5. The van der Waals surface area contributed by atoms with Gasteiger partial charge in [0.2, 0.25) is 0 Å². The minimum Gasteiger partial charge on any atom is -0.491 e. The zero-order valence-electron chi connectivity index (χ0n) is 12.4. The van der Waals surface area contributed by atoms with E-state index in [-0.39, 0.29) is 0 Å². The van der Waals surface area contributed by atoms with Crippen molar-refractivity contribution in [3.8, 4) is 11.8 Å². The molecule has 1 unspecified atom stereocenters. The quantitative estimate of drug-likeness (QED) is 0.841. The molecule has 1 saturated heterocycles.